The molecule has 2 fully saturated rings. The standard InChI is InChI=1S/C24H22BrClF3N3/c1-24(2,13-6-4-3-5-7-13)32-14-8-12(9-18(32)16(27)10-14)21-15-11-17(28)19(25)20(29)22(15)31-23(26)30-21/h3-7,11-12,14,16,18H,8-10H2,1-2H3. The van der Waals surface area contributed by atoms with E-state index in [2.05, 4.69) is 56.8 Å². The maximum atomic E-state index is 15.2. The van der Waals surface area contributed by atoms with Crippen LogP contribution in [0.2, 0.25) is 5.28 Å². The van der Waals surface area contributed by atoms with Crippen LogP contribution in [0.3, 0.4) is 0 Å². The van der Waals surface area contributed by atoms with Crippen molar-refractivity contribution >= 4 is 38.4 Å². The number of piperidine rings is 1. The molecule has 0 amide bonds. The summed E-state index contributed by atoms with van der Waals surface area (Å²) in [6.07, 6.45) is 0.590. The van der Waals surface area contributed by atoms with Crippen molar-refractivity contribution in [3.8, 4) is 0 Å². The van der Waals surface area contributed by atoms with E-state index in [-0.39, 0.29) is 38.8 Å². The average molecular weight is 525 g/mol. The molecule has 0 spiro atoms. The molecule has 0 N–H and O–H groups in total. The molecule has 168 valence electrons. The summed E-state index contributed by atoms with van der Waals surface area (Å²) in [5.41, 5.74) is 1.25. The van der Waals surface area contributed by atoms with E-state index in [1.165, 1.54) is 6.07 Å². The van der Waals surface area contributed by atoms with Gasteiger partial charge in [-0.3, -0.25) is 4.90 Å². The monoisotopic (exact) mass is 523 g/mol. The molecule has 3 heterocycles. The third-order valence-electron chi connectivity index (χ3n) is 7.09. The molecule has 0 radical (unpaired) electrons. The first kappa shape index (κ1) is 22.1. The molecule has 3 nitrogen and oxygen atoms in total. The Morgan fingerprint density at radius 2 is 1.81 bits per heavy atom. The Balaban J connectivity index is 1.55. The molecule has 2 saturated heterocycles. The molecular weight excluding hydrogens is 503 g/mol. The highest BCUT2D eigenvalue weighted by molar-refractivity contribution is 9.10. The third kappa shape index (κ3) is 3.44. The summed E-state index contributed by atoms with van der Waals surface area (Å²) in [6.45, 7) is 4.25. The van der Waals surface area contributed by atoms with Gasteiger partial charge in [-0.1, -0.05) is 30.3 Å². The Morgan fingerprint density at radius 3 is 2.50 bits per heavy atom. The van der Waals surface area contributed by atoms with Crippen LogP contribution in [-0.2, 0) is 5.54 Å². The van der Waals surface area contributed by atoms with Gasteiger partial charge < -0.3 is 0 Å². The van der Waals surface area contributed by atoms with Crippen molar-refractivity contribution < 1.29 is 13.2 Å². The number of nitrogens with zero attached hydrogens (tertiary/aromatic N) is 3. The third-order valence-corrected chi connectivity index (χ3v) is 7.99. The van der Waals surface area contributed by atoms with E-state index >= 15 is 4.39 Å². The van der Waals surface area contributed by atoms with Crippen molar-refractivity contribution in [2.75, 3.05) is 0 Å². The normalized spacial score (nSPS) is 26.1. The summed E-state index contributed by atoms with van der Waals surface area (Å²) >= 11 is 9.05. The molecule has 2 bridgehead atoms. The summed E-state index contributed by atoms with van der Waals surface area (Å²) in [5, 5.41) is 0.198. The van der Waals surface area contributed by atoms with Crippen molar-refractivity contribution in [2.24, 2.45) is 0 Å². The predicted octanol–water partition coefficient (Wildman–Crippen LogP) is 6.92. The Hall–Kier alpha value is -1.70. The summed E-state index contributed by atoms with van der Waals surface area (Å²) in [7, 11) is 0. The van der Waals surface area contributed by atoms with Crippen LogP contribution in [0.5, 0.6) is 0 Å². The van der Waals surface area contributed by atoms with E-state index in [0.29, 0.717) is 30.3 Å². The van der Waals surface area contributed by atoms with Crippen molar-refractivity contribution in [1.82, 2.24) is 14.9 Å². The van der Waals surface area contributed by atoms with Gasteiger partial charge in [0.25, 0.3) is 0 Å². The van der Waals surface area contributed by atoms with Crippen LogP contribution in [0.4, 0.5) is 13.2 Å². The first-order valence-corrected chi connectivity index (χ1v) is 11.8. The molecule has 4 atom stereocenters. The van der Waals surface area contributed by atoms with Crippen LogP contribution >= 0.6 is 27.5 Å². The molecule has 3 aromatic rings. The molecule has 2 aliphatic rings. The van der Waals surface area contributed by atoms with Gasteiger partial charge in [-0.15, -0.1) is 0 Å². The zero-order valence-corrected chi connectivity index (χ0v) is 20.0. The van der Waals surface area contributed by atoms with Crippen LogP contribution in [0.15, 0.2) is 40.9 Å². The van der Waals surface area contributed by atoms with Crippen molar-refractivity contribution in [1.29, 1.82) is 0 Å². The first-order chi connectivity index (χ1) is 15.2. The number of benzene rings is 2. The Labute approximate surface area is 198 Å². The van der Waals surface area contributed by atoms with Crippen LogP contribution < -0.4 is 0 Å². The lowest BCUT2D eigenvalue weighted by Crippen LogP contribution is -2.53. The number of alkyl halides is 1. The molecule has 0 aliphatic carbocycles. The van der Waals surface area contributed by atoms with Crippen LogP contribution in [0.1, 0.15) is 50.3 Å². The minimum atomic E-state index is -0.973. The zero-order valence-electron chi connectivity index (χ0n) is 17.6. The molecule has 32 heavy (non-hydrogen) atoms. The SMILES string of the molecule is CC(C)(c1ccccc1)N1C2CC(c3nc(Cl)nc4c(F)c(Br)c(F)cc34)CC1C(F)C2. The fraction of sp³-hybridized carbons (Fsp3) is 0.417. The predicted molar refractivity (Wildman–Crippen MR) is 123 cm³/mol. The van der Waals surface area contributed by atoms with E-state index in [9.17, 15) is 8.78 Å². The summed E-state index contributed by atoms with van der Waals surface area (Å²) in [5.74, 6) is -1.70. The lowest BCUT2D eigenvalue weighted by atomic mass is 9.81. The van der Waals surface area contributed by atoms with Gasteiger partial charge in [-0.2, -0.15) is 0 Å². The van der Waals surface area contributed by atoms with E-state index < -0.39 is 17.8 Å². The Morgan fingerprint density at radius 1 is 1.09 bits per heavy atom. The van der Waals surface area contributed by atoms with E-state index in [4.69, 9.17) is 11.6 Å². The Bertz CT molecular complexity index is 1190. The van der Waals surface area contributed by atoms with Gasteiger partial charge >= 0.3 is 0 Å². The van der Waals surface area contributed by atoms with Gasteiger partial charge in [0.2, 0.25) is 5.28 Å². The highest BCUT2D eigenvalue weighted by Gasteiger charge is 2.53. The quantitative estimate of drug-likeness (QED) is 0.275. The van der Waals surface area contributed by atoms with Crippen molar-refractivity contribution in [3.05, 3.63) is 69.0 Å². The zero-order chi connectivity index (χ0) is 22.8. The minimum absolute atomic E-state index is 0.0158. The number of hydrogen-bond acceptors (Lipinski definition) is 3. The minimum Gasteiger partial charge on any atom is -0.285 e. The highest BCUT2D eigenvalue weighted by atomic mass is 79.9. The van der Waals surface area contributed by atoms with Gasteiger partial charge in [-0.25, -0.2) is 23.1 Å². The van der Waals surface area contributed by atoms with Gasteiger partial charge in [0.15, 0.2) is 5.82 Å². The number of rotatable bonds is 3. The van der Waals surface area contributed by atoms with Crippen LogP contribution in [-0.4, -0.2) is 33.1 Å². The van der Waals surface area contributed by atoms with Crippen molar-refractivity contribution in [3.63, 3.8) is 0 Å². The summed E-state index contributed by atoms with van der Waals surface area (Å²) in [4.78, 5) is 10.6. The molecule has 0 saturated carbocycles. The fourth-order valence-electron chi connectivity index (χ4n) is 5.73. The highest BCUT2D eigenvalue weighted by Crippen LogP contribution is 2.50. The summed E-state index contributed by atoms with van der Waals surface area (Å²) in [6, 6.07) is 11.0. The number of fused-ring (bicyclic) bond motifs is 3. The number of hydrogen-bond donors (Lipinski definition) is 0. The second-order valence-corrected chi connectivity index (χ2v) is 10.4. The topological polar surface area (TPSA) is 29.0 Å². The number of aromatic nitrogens is 2. The second kappa shape index (κ2) is 7.96. The average Bonchev–Trinajstić information content (AvgIpc) is 2.98. The maximum Gasteiger partial charge on any atom is 0.223 e. The summed E-state index contributed by atoms with van der Waals surface area (Å²) < 4.78 is 44.0. The van der Waals surface area contributed by atoms with E-state index in [1.54, 1.807) is 0 Å². The first-order valence-electron chi connectivity index (χ1n) is 10.7. The maximum absolute atomic E-state index is 15.2. The molecule has 1 aromatic heterocycles. The van der Waals surface area contributed by atoms with E-state index in [1.807, 2.05) is 18.2 Å². The largest absolute Gasteiger partial charge is 0.285 e. The molecule has 8 heteroatoms. The lowest BCUT2D eigenvalue weighted by molar-refractivity contribution is 0.0107. The molecule has 4 unspecified atom stereocenters. The molecular formula is C24H22BrClF3N3. The second-order valence-electron chi connectivity index (χ2n) is 9.23. The Kier molecular flexibility index (Phi) is 5.50. The fourth-order valence-corrected chi connectivity index (χ4v) is 6.21. The molecule has 5 rings (SSSR count). The van der Waals surface area contributed by atoms with Crippen LogP contribution in [0.25, 0.3) is 10.9 Å². The molecule has 2 aromatic carbocycles. The van der Waals surface area contributed by atoms with Gasteiger partial charge in [-0.05, 0) is 72.3 Å². The van der Waals surface area contributed by atoms with Crippen molar-refractivity contribution in [2.45, 2.75) is 62.8 Å². The van der Waals surface area contributed by atoms with Gasteiger partial charge in [0, 0.05) is 28.9 Å². The van der Waals surface area contributed by atoms with Gasteiger partial charge in [0.1, 0.15) is 17.5 Å². The van der Waals surface area contributed by atoms with Gasteiger partial charge in [0.05, 0.1) is 10.2 Å². The molecule has 2 aliphatic heterocycles. The number of halogens is 5. The van der Waals surface area contributed by atoms with E-state index in [0.717, 1.165) is 5.56 Å². The smallest absolute Gasteiger partial charge is 0.223 e. The lowest BCUT2D eigenvalue weighted by Gasteiger charge is -2.48. The van der Waals surface area contributed by atoms with Crippen LogP contribution in [0, 0.1) is 11.6 Å².